The number of para-hydroxylation sites is 1. The van der Waals surface area contributed by atoms with Gasteiger partial charge in [-0.05, 0) is 46.4 Å². The van der Waals surface area contributed by atoms with E-state index >= 15 is 0 Å². The Labute approximate surface area is 158 Å². The second kappa shape index (κ2) is 7.60. The van der Waals surface area contributed by atoms with Crippen molar-refractivity contribution >= 4 is 45.3 Å². The molecule has 0 aliphatic carbocycles. The SMILES string of the molecule is NC(=O)[C@H](Cc1ccccc1I)NC(=O)c1ccnc2ccccc12. The van der Waals surface area contributed by atoms with E-state index in [2.05, 4.69) is 32.9 Å². The quantitative estimate of drug-likeness (QED) is 0.593. The summed E-state index contributed by atoms with van der Waals surface area (Å²) in [5, 5.41) is 3.49. The van der Waals surface area contributed by atoms with Gasteiger partial charge in [-0.25, -0.2) is 0 Å². The number of hydrogen-bond acceptors (Lipinski definition) is 3. The standard InChI is InChI=1S/C19H16IN3O2/c20-15-7-3-1-5-12(15)11-17(18(21)24)23-19(25)14-9-10-22-16-8-4-2-6-13(14)16/h1-10,17H,11H2,(H2,21,24)(H,23,25)/t17-/m0/s1. The Morgan fingerprint density at radius 2 is 1.80 bits per heavy atom. The Kier molecular flexibility index (Phi) is 5.28. The van der Waals surface area contributed by atoms with Crippen LogP contribution in [0.25, 0.3) is 10.9 Å². The fourth-order valence-electron chi connectivity index (χ4n) is 2.64. The molecule has 0 saturated heterocycles. The third-order valence-corrected chi connectivity index (χ3v) is 4.98. The summed E-state index contributed by atoms with van der Waals surface area (Å²) in [6.45, 7) is 0. The summed E-state index contributed by atoms with van der Waals surface area (Å²) in [5.74, 6) is -0.903. The van der Waals surface area contributed by atoms with Crippen LogP contribution in [0.15, 0.2) is 60.8 Å². The molecule has 0 radical (unpaired) electrons. The van der Waals surface area contributed by atoms with Gasteiger partial charge in [-0.3, -0.25) is 14.6 Å². The average Bonchev–Trinajstić information content (AvgIpc) is 2.62. The summed E-state index contributed by atoms with van der Waals surface area (Å²) in [4.78, 5) is 28.8. The molecular weight excluding hydrogens is 429 g/mol. The number of hydrogen-bond donors (Lipinski definition) is 2. The first-order valence-electron chi connectivity index (χ1n) is 7.73. The minimum atomic E-state index is -0.782. The fourth-order valence-corrected chi connectivity index (χ4v) is 3.24. The summed E-state index contributed by atoms with van der Waals surface area (Å²) in [6, 6.07) is 15.9. The van der Waals surface area contributed by atoms with E-state index in [4.69, 9.17) is 5.73 Å². The molecule has 2 aromatic carbocycles. The summed E-state index contributed by atoms with van der Waals surface area (Å²) >= 11 is 2.20. The van der Waals surface area contributed by atoms with Crippen molar-refractivity contribution in [1.29, 1.82) is 0 Å². The van der Waals surface area contributed by atoms with Crippen LogP contribution in [0.5, 0.6) is 0 Å². The van der Waals surface area contributed by atoms with Gasteiger partial charge in [0.05, 0.1) is 11.1 Å². The molecule has 3 aromatic rings. The van der Waals surface area contributed by atoms with Gasteiger partial charge in [0.15, 0.2) is 0 Å². The number of aromatic nitrogens is 1. The summed E-state index contributed by atoms with van der Waals surface area (Å²) in [5.41, 5.74) is 7.67. The van der Waals surface area contributed by atoms with Crippen LogP contribution >= 0.6 is 22.6 Å². The molecule has 1 aromatic heterocycles. The molecule has 25 heavy (non-hydrogen) atoms. The largest absolute Gasteiger partial charge is 0.368 e. The lowest BCUT2D eigenvalue weighted by Gasteiger charge is -2.17. The Bertz CT molecular complexity index is 937. The van der Waals surface area contributed by atoms with E-state index in [-0.39, 0.29) is 5.91 Å². The molecule has 3 rings (SSSR count). The molecule has 126 valence electrons. The Morgan fingerprint density at radius 1 is 1.08 bits per heavy atom. The van der Waals surface area contributed by atoms with Crippen LogP contribution in [-0.4, -0.2) is 22.8 Å². The Morgan fingerprint density at radius 3 is 2.56 bits per heavy atom. The highest BCUT2D eigenvalue weighted by molar-refractivity contribution is 14.1. The molecule has 0 fully saturated rings. The fraction of sp³-hybridized carbons (Fsp3) is 0.105. The molecule has 0 bridgehead atoms. The summed E-state index contributed by atoms with van der Waals surface area (Å²) in [7, 11) is 0. The molecule has 0 aliphatic rings. The smallest absolute Gasteiger partial charge is 0.252 e. The normalized spacial score (nSPS) is 11.9. The lowest BCUT2D eigenvalue weighted by molar-refractivity contribution is -0.119. The van der Waals surface area contributed by atoms with Gasteiger partial charge in [0.25, 0.3) is 5.91 Å². The maximum Gasteiger partial charge on any atom is 0.252 e. The Hall–Kier alpha value is -2.48. The number of carbonyl (C=O) groups excluding carboxylic acids is 2. The maximum absolute atomic E-state index is 12.7. The number of primary amides is 1. The highest BCUT2D eigenvalue weighted by Crippen LogP contribution is 2.17. The van der Waals surface area contributed by atoms with Crippen LogP contribution in [0.1, 0.15) is 15.9 Å². The van der Waals surface area contributed by atoms with Crippen molar-refractivity contribution in [2.45, 2.75) is 12.5 Å². The lowest BCUT2D eigenvalue weighted by atomic mass is 10.0. The highest BCUT2D eigenvalue weighted by Gasteiger charge is 2.21. The van der Waals surface area contributed by atoms with Crippen LogP contribution < -0.4 is 11.1 Å². The minimum absolute atomic E-state index is 0.340. The van der Waals surface area contributed by atoms with Gasteiger partial charge in [0.2, 0.25) is 5.91 Å². The zero-order valence-electron chi connectivity index (χ0n) is 13.3. The number of amides is 2. The number of pyridine rings is 1. The summed E-state index contributed by atoms with van der Waals surface area (Å²) < 4.78 is 1.02. The molecule has 3 N–H and O–H groups in total. The third kappa shape index (κ3) is 3.96. The predicted molar refractivity (Wildman–Crippen MR) is 105 cm³/mol. The minimum Gasteiger partial charge on any atom is -0.368 e. The van der Waals surface area contributed by atoms with E-state index in [1.807, 2.05) is 48.5 Å². The van der Waals surface area contributed by atoms with E-state index in [1.54, 1.807) is 12.3 Å². The van der Waals surface area contributed by atoms with Gasteiger partial charge in [0.1, 0.15) is 6.04 Å². The Balaban J connectivity index is 1.86. The van der Waals surface area contributed by atoms with Gasteiger partial charge in [-0.2, -0.15) is 0 Å². The summed E-state index contributed by atoms with van der Waals surface area (Å²) in [6.07, 6.45) is 1.93. The number of nitrogens with two attached hydrogens (primary N) is 1. The number of benzene rings is 2. The zero-order chi connectivity index (χ0) is 17.8. The van der Waals surface area contributed by atoms with E-state index in [1.165, 1.54) is 0 Å². The van der Waals surface area contributed by atoms with E-state index in [0.717, 1.165) is 20.0 Å². The van der Waals surface area contributed by atoms with Gasteiger partial charge >= 0.3 is 0 Å². The first kappa shape index (κ1) is 17.3. The van der Waals surface area contributed by atoms with Gasteiger partial charge in [-0.1, -0.05) is 36.4 Å². The van der Waals surface area contributed by atoms with Crippen molar-refractivity contribution in [1.82, 2.24) is 10.3 Å². The second-order valence-corrected chi connectivity index (χ2v) is 6.76. The van der Waals surface area contributed by atoms with Crippen molar-refractivity contribution in [3.05, 3.63) is 75.5 Å². The maximum atomic E-state index is 12.7. The number of fused-ring (bicyclic) bond motifs is 1. The van der Waals surface area contributed by atoms with Crippen molar-refractivity contribution in [2.24, 2.45) is 5.73 Å². The van der Waals surface area contributed by atoms with Crippen LogP contribution in [0, 0.1) is 3.57 Å². The van der Waals surface area contributed by atoms with E-state index in [9.17, 15) is 9.59 Å². The predicted octanol–water partition coefficient (Wildman–Crippen LogP) is 2.67. The average molecular weight is 445 g/mol. The van der Waals surface area contributed by atoms with Crippen molar-refractivity contribution in [3.63, 3.8) is 0 Å². The molecule has 5 nitrogen and oxygen atoms in total. The number of nitrogens with zero attached hydrogens (tertiary/aromatic N) is 1. The number of nitrogens with one attached hydrogen (secondary N) is 1. The van der Waals surface area contributed by atoms with Crippen LogP contribution in [0.2, 0.25) is 0 Å². The van der Waals surface area contributed by atoms with Crippen LogP contribution in [0.3, 0.4) is 0 Å². The molecule has 0 saturated carbocycles. The van der Waals surface area contributed by atoms with Crippen molar-refractivity contribution in [2.75, 3.05) is 0 Å². The molecule has 1 heterocycles. The lowest BCUT2D eigenvalue weighted by Crippen LogP contribution is -2.46. The van der Waals surface area contributed by atoms with E-state index in [0.29, 0.717) is 12.0 Å². The van der Waals surface area contributed by atoms with Gasteiger partial charge < -0.3 is 11.1 Å². The molecular formula is C19H16IN3O2. The molecule has 6 heteroatoms. The van der Waals surface area contributed by atoms with Crippen LogP contribution in [-0.2, 0) is 11.2 Å². The molecule has 1 atom stereocenters. The van der Waals surface area contributed by atoms with Crippen molar-refractivity contribution < 1.29 is 9.59 Å². The highest BCUT2D eigenvalue weighted by atomic mass is 127. The first-order valence-corrected chi connectivity index (χ1v) is 8.81. The van der Waals surface area contributed by atoms with Gasteiger partial charge in [-0.15, -0.1) is 0 Å². The van der Waals surface area contributed by atoms with Crippen molar-refractivity contribution in [3.8, 4) is 0 Å². The second-order valence-electron chi connectivity index (χ2n) is 5.60. The molecule has 0 spiro atoms. The third-order valence-electron chi connectivity index (χ3n) is 3.92. The van der Waals surface area contributed by atoms with Crippen LogP contribution in [0.4, 0.5) is 0 Å². The molecule has 2 amide bonds. The monoisotopic (exact) mass is 445 g/mol. The number of halogens is 1. The molecule has 0 aliphatic heterocycles. The first-order chi connectivity index (χ1) is 12.1. The zero-order valence-corrected chi connectivity index (χ0v) is 15.4. The molecule has 0 unspecified atom stereocenters. The number of carbonyl (C=O) groups is 2. The van der Waals surface area contributed by atoms with Gasteiger partial charge in [0, 0.05) is 21.6 Å². The topological polar surface area (TPSA) is 85.1 Å². The number of rotatable bonds is 5. The van der Waals surface area contributed by atoms with E-state index < -0.39 is 11.9 Å².